The highest BCUT2D eigenvalue weighted by Crippen LogP contribution is 2.29. The Kier molecular flexibility index (Phi) is 4.11. The number of nitrogens with zero attached hydrogens (tertiary/aromatic N) is 5. The zero-order valence-corrected chi connectivity index (χ0v) is 14.3. The normalized spacial score (nSPS) is 12.3. The maximum Gasteiger partial charge on any atom is 0.166 e. The van der Waals surface area contributed by atoms with Gasteiger partial charge >= 0.3 is 0 Å². The average Bonchev–Trinajstić information content (AvgIpc) is 3.00. The summed E-state index contributed by atoms with van der Waals surface area (Å²) in [6.07, 6.45) is 4.78. The fraction of sp³-hybridized carbons (Fsp3) is 0.111. The first-order valence-electron chi connectivity index (χ1n) is 8.15. The molecule has 1 aromatic carbocycles. The Balaban J connectivity index is 1.66. The molecule has 0 saturated heterocycles. The summed E-state index contributed by atoms with van der Waals surface area (Å²) in [5.41, 5.74) is 8.35. The number of fused-ring (bicyclic) bond motifs is 1. The number of nitrogens with one attached hydrogen (secondary N) is 1. The minimum atomic E-state index is -0.894. The molecule has 0 radical (unpaired) electrons. The summed E-state index contributed by atoms with van der Waals surface area (Å²) in [5, 5.41) is 7.37. The zero-order valence-electron chi connectivity index (χ0n) is 14.3. The molecule has 9 heteroatoms. The highest BCUT2D eigenvalue weighted by molar-refractivity contribution is 5.84. The van der Waals surface area contributed by atoms with Gasteiger partial charge in [-0.25, -0.2) is 28.2 Å². The second-order valence-corrected chi connectivity index (χ2v) is 5.98. The van der Waals surface area contributed by atoms with E-state index in [1.54, 1.807) is 29.0 Å². The molecular weight excluding hydrogens is 352 g/mol. The third kappa shape index (κ3) is 3.14. The smallest absolute Gasteiger partial charge is 0.166 e. The monoisotopic (exact) mass is 367 g/mol. The number of rotatable bonds is 4. The summed E-state index contributed by atoms with van der Waals surface area (Å²) in [5.74, 6) is -0.972. The van der Waals surface area contributed by atoms with Crippen molar-refractivity contribution in [1.82, 2.24) is 24.6 Å². The van der Waals surface area contributed by atoms with Crippen molar-refractivity contribution >= 4 is 17.3 Å². The summed E-state index contributed by atoms with van der Waals surface area (Å²) in [6, 6.07) is 6.92. The van der Waals surface area contributed by atoms with Crippen molar-refractivity contribution in [1.29, 1.82) is 0 Å². The van der Waals surface area contributed by atoms with Gasteiger partial charge in [-0.3, -0.25) is 0 Å². The maximum atomic E-state index is 13.5. The van der Waals surface area contributed by atoms with Gasteiger partial charge in [0, 0.05) is 18.5 Å². The number of aromatic nitrogens is 5. The van der Waals surface area contributed by atoms with Crippen molar-refractivity contribution in [2.75, 3.05) is 11.1 Å². The number of hydrogen-bond acceptors (Lipinski definition) is 6. The molecule has 3 aromatic heterocycles. The first kappa shape index (κ1) is 16.8. The molecule has 0 aliphatic rings. The van der Waals surface area contributed by atoms with Gasteiger partial charge in [-0.2, -0.15) is 0 Å². The van der Waals surface area contributed by atoms with Gasteiger partial charge in [0.25, 0.3) is 0 Å². The molecule has 4 rings (SSSR count). The largest absolute Gasteiger partial charge is 0.382 e. The molecule has 7 nitrogen and oxygen atoms in total. The fourth-order valence-corrected chi connectivity index (χ4v) is 2.81. The molecule has 0 unspecified atom stereocenters. The predicted octanol–water partition coefficient (Wildman–Crippen LogP) is 3.22. The van der Waals surface area contributed by atoms with E-state index in [4.69, 9.17) is 5.73 Å². The lowest BCUT2D eigenvalue weighted by atomic mass is 10.1. The molecule has 27 heavy (non-hydrogen) atoms. The molecule has 0 fully saturated rings. The Morgan fingerprint density at radius 2 is 1.96 bits per heavy atom. The standard InChI is InChI=1S/C18H15F2N7/c1-10(11-3-4-12(19)13(20)7-11)25-15-8-14(23-9-24-15)16-17(21)26-27-6-2-5-22-18(16)27/h2-10H,1H3,(H2,21,26)(H,23,24,25)/t10-/m0/s1. The second-order valence-electron chi connectivity index (χ2n) is 5.98. The van der Waals surface area contributed by atoms with Crippen molar-refractivity contribution in [2.24, 2.45) is 0 Å². The van der Waals surface area contributed by atoms with E-state index in [9.17, 15) is 8.78 Å². The van der Waals surface area contributed by atoms with Gasteiger partial charge in [0.05, 0.1) is 17.3 Å². The van der Waals surface area contributed by atoms with E-state index < -0.39 is 11.6 Å². The third-order valence-corrected chi connectivity index (χ3v) is 4.15. The Labute approximate surface area is 152 Å². The van der Waals surface area contributed by atoms with Crippen LogP contribution in [0.3, 0.4) is 0 Å². The van der Waals surface area contributed by atoms with Crippen molar-refractivity contribution < 1.29 is 8.78 Å². The number of halogens is 2. The van der Waals surface area contributed by atoms with Crippen LogP contribution in [0.4, 0.5) is 20.4 Å². The van der Waals surface area contributed by atoms with E-state index >= 15 is 0 Å². The molecule has 0 aliphatic carbocycles. The van der Waals surface area contributed by atoms with E-state index in [1.165, 1.54) is 12.4 Å². The van der Waals surface area contributed by atoms with E-state index in [-0.39, 0.29) is 6.04 Å². The number of nitrogens with two attached hydrogens (primary N) is 1. The molecular formula is C18H15F2N7. The van der Waals surface area contributed by atoms with Gasteiger partial charge in [-0.1, -0.05) is 6.07 Å². The second kappa shape index (κ2) is 6.60. The summed E-state index contributed by atoms with van der Waals surface area (Å²) < 4.78 is 28.2. The molecule has 3 N–H and O–H groups in total. The van der Waals surface area contributed by atoms with Crippen LogP contribution in [0.5, 0.6) is 0 Å². The van der Waals surface area contributed by atoms with Gasteiger partial charge in [0.2, 0.25) is 0 Å². The van der Waals surface area contributed by atoms with E-state index in [2.05, 4.69) is 25.4 Å². The van der Waals surface area contributed by atoms with Crippen LogP contribution in [-0.4, -0.2) is 24.6 Å². The van der Waals surface area contributed by atoms with Crippen LogP contribution in [0, 0.1) is 11.6 Å². The quantitative estimate of drug-likeness (QED) is 0.575. The van der Waals surface area contributed by atoms with Crippen LogP contribution in [-0.2, 0) is 0 Å². The summed E-state index contributed by atoms with van der Waals surface area (Å²) >= 11 is 0. The lowest BCUT2D eigenvalue weighted by Crippen LogP contribution is -2.09. The molecule has 0 saturated carbocycles. The molecule has 4 aromatic rings. The Hall–Kier alpha value is -3.62. The van der Waals surface area contributed by atoms with Crippen LogP contribution in [0.2, 0.25) is 0 Å². The third-order valence-electron chi connectivity index (χ3n) is 4.15. The van der Waals surface area contributed by atoms with Gasteiger partial charge in [-0.15, -0.1) is 5.10 Å². The van der Waals surface area contributed by atoms with Crippen LogP contribution >= 0.6 is 0 Å². The Morgan fingerprint density at radius 1 is 1.11 bits per heavy atom. The summed E-state index contributed by atoms with van der Waals surface area (Å²) in [4.78, 5) is 12.7. The van der Waals surface area contributed by atoms with Crippen LogP contribution in [0.15, 0.2) is 49.1 Å². The molecule has 3 heterocycles. The van der Waals surface area contributed by atoms with Gasteiger partial charge in [0.15, 0.2) is 23.1 Å². The van der Waals surface area contributed by atoms with E-state index in [0.717, 1.165) is 12.1 Å². The minimum absolute atomic E-state index is 0.298. The first-order valence-corrected chi connectivity index (χ1v) is 8.15. The maximum absolute atomic E-state index is 13.5. The van der Waals surface area contributed by atoms with Crippen molar-refractivity contribution in [3.63, 3.8) is 0 Å². The zero-order chi connectivity index (χ0) is 19.0. The molecule has 0 bridgehead atoms. The molecule has 0 spiro atoms. The van der Waals surface area contributed by atoms with Crippen molar-refractivity contribution in [3.05, 3.63) is 66.3 Å². The lowest BCUT2D eigenvalue weighted by molar-refractivity contribution is 0.506. The summed E-state index contributed by atoms with van der Waals surface area (Å²) in [6.45, 7) is 1.82. The SMILES string of the molecule is C[C@H](Nc1cc(-c2c(N)nn3cccnc23)ncn1)c1ccc(F)c(F)c1. The molecule has 136 valence electrons. The number of benzene rings is 1. The van der Waals surface area contributed by atoms with Crippen LogP contribution in [0.1, 0.15) is 18.5 Å². The number of hydrogen-bond donors (Lipinski definition) is 2. The van der Waals surface area contributed by atoms with Crippen molar-refractivity contribution in [2.45, 2.75) is 13.0 Å². The van der Waals surface area contributed by atoms with Crippen LogP contribution < -0.4 is 11.1 Å². The van der Waals surface area contributed by atoms with Crippen molar-refractivity contribution in [3.8, 4) is 11.3 Å². The summed E-state index contributed by atoms with van der Waals surface area (Å²) in [7, 11) is 0. The van der Waals surface area contributed by atoms with Gasteiger partial charge < -0.3 is 11.1 Å². The first-order chi connectivity index (χ1) is 13.0. The molecule has 1 atom stereocenters. The molecule has 0 amide bonds. The van der Waals surface area contributed by atoms with Gasteiger partial charge in [-0.05, 0) is 30.7 Å². The van der Waals surface area contributed by atoms with E-state index in [0.29, 0.717) is 34.1 Å². The topological polar surface area (TPSA) is 94.0 Å². The predicted molar refractivity (Wildman–Crippen MR) is 96.8 cm³/mol. The highest BCUT2D eigenvalue weighted by Gasteiger charge is 2.16. The van der Waals surface area contributed by atoms with Crippen LogP contribution in [0.25, 0.3) is 16.9 Å². The van der Waals surface area contributed by atoms with E-state index in [1.807, 2.05) is 6.92 Å². The minimum Gasteiger partial charge on any atom is -0.382 e. The lowest BCUT2D eigenvalue weighted by Gasteiger charge is -2.15. The van der Waals surface area contributed by atoms with Gasteiger partial charge in [0.1, 0.15) is 12.1 Å². The number of nitrogen functional groups attached to an aromatic ring is 1. The Bertz CT molecular complexity index is 1130. The number of anilines is 2. The Morgan fingerprint density at radius 3 is 2.78 bits per heavy atom. The highest BCUT2D eigenvalue weighted by atomic mass is 19.2. The fourth-order valence-electron chi connectivity index (χ4n) is 2.81. The average molecular weight is 367 g/mol. The molecule has 0 aliphatic heterocycles.